The number of aromatic hydroxyl groups is 1. The zero-order valence-electron chi connectivity index (χ0n) is 8.86. The van der Waals surface area contributed by atoms with Crippen LogP contribution in [0.5, 0.6) is 11.5 Å². The summed E-state index contributed by atoms with van der Waals surface area (Å²) < 4.78 is 6.42. The number of hydrogen-bond acceptors (Lipinski definition) is 2. The van der Waals surface area contributed by atoms with E-state index in [1.807, 2.05) is 18.2 Å². The van der Waals surface area contributed by atoms with Gasteiger partial charge in [0.2, 0.25) is 0 Å². The van der Waals surface area contributed by atoms with Crippen LogP contribution in [0.2, 0.25) is 5.02 Å². The lowest BCUT2D eigenvalue weighted by atomic mass is 10.2. The first-order valence-electron chi connectivity index (χ1n) is 5.01. The molecule has 4 heteroatoms. The van der Waals surface area contributed by atoms with Crippen molar-refractivity contribution in [2.75, 3.05) is 0 Å². The minimum Gasteiger partial charge on any atom is -0.504 e. The van der Waals surface area contributed by atoms with Crippen molar-refractivity contribution in [3.63, 3.8) is 0 Å². The van der Waals surface area contributed by atoms with E-state index in [1.165, 1.54) is 0 Å². The largest absolute Gasteiger partial charge is 0.504 e. The normalized spacial score (nSPS) is 10.2. The second-order valence-electron chi connectivity index (χ2n) is 3.49. The molecule has 0 unspecified atom stereocenters. The van der Waals surface area contributed by atoms with Crippen molar-refractivity contribution in [1.82, 2.24) is 0 Å². The van der Waals surface area contributed by atoms with Crippen LogP contribution in [0.15, 0.2) is 46.9 Å². The maximum atomic E-state index is 9.54. The topological polar surface area (TPSA) is 29.5 Å². The van der Waals surface area contributed by atoms with Crippen LogP contribution < -0.4 is 4.74 Å². The third-order valence-electron chi connectivity index (χ3n) is 2.26. The molecule has 0 atom stereocenters. The zero-order valence-corrected chi connectivity index (χ0v) is 11.2. The summed E-state index contributed by atoms with van der Waals surface area (Å²) in [6.45, 7) is 0.323. The van der Waals surface area contributed by atoms with Gasteiger partial charge in [-0.1, -0.05) is 45.7 Å². The van der Waals surface area contributed by atoms with Gasteiger partial charge in [-0.05, 0) is 24.3 Å². The molecular formula is C13H10BrClO2. The minimum atomic E-state index is 0.126. The van der Waals surface area contributed by atoms with Gasteiger partial charge in [-0.25, -0.2) is 0 Å². The number of ether oxygens (including phenoxy) is 1. The predicted molar refractivity (Wildman–Crippen MR) is 71.6 cm³/mol. The minimum absolute atomic E-state index is 0.126. The van der Waals surface area contributed by atoms with E-state index in [0.29, 0.717) is 17.4 Å². The fourth-order valence-electron chi connectivity index (χ4n) is 1.37. The molecule has 0 saturated carbocycles. The van der Waals surface area contributed by atoms with Gasteiger partial charge in [0.15, 0.2) is 11.5 Å². The summed E-state index contributed by atoms with van der Waals surface area (Å²) >= 11 is 9.40. The molecule has 1 N–H and O–H groups in total. The third kappa shape index (κ3) is 3.14. The Bertz CT molecular complexity index is 529. The quantitative estimate of drug-likeness (QED) is 0.911. The number of rotatable bonds is 3. The monoisotopic (exact) mass is 312 g/mol. The van der Waals surface area contributed by atoms with Crippen LogP contribution >= 0.6 is 27.5 Å². The summed E-state index contributed by atoms with van der Waals surface area (Å²) in [7, 11) is 0. The van der Waals surface area contributed by atoms with Gasteiger partial charge in [0.1, 0.15) is 6.61 Å². The maximum absolute atomic E-state index is 9.54. The molecule has 17 heavy (non-hydrogen) atoms. The summed E-state index contributed by atoms with van der Waals surface area (Å²) in [5.41, 5.74) is 0.873. The number of halogens is 2. The van der Waals surface area contributed by atoms with Crippen LogP contribution in [0.25, 0.3) is 0 Å². The van der Waals surface area contributed by atoms with Gasteiger partial charge < -0.3 is 9.84 Å². The van der Waals surface area contributed by atoms with Crippen molar-refractivity contribution in [1.29, 1.82) is 0 Å². The van der Waals surface area contributed by atoms with E-state index in [4.69, 9.17) is 16.3 Å². The second kappa shape index (κ2) is 5.43. The Labute approximate surface area is 113 Å². The highest BCUT2D eigenvalue weighted by Crippen LogP contribution is 2.27. The van der Waals surface area contributed by atoms with Gasteiger partial charge in [0, 0.05) is 15.1 Å². The fourth-order valence-corrected chi connectivity index (χ4v) is 2.10. The van der Waals surface area contributed by atoms with Crippen molar-refractivity contribution < 1.29 is 9.84 Å². The molecule has 0 aromatic heterocycles. The average Bonchev–Trinajstić information content (AvgIpc) is 2.30. The molecule has 0 bridgehead atoms. The van der Waals surface area contributed by atoms with Gasteiger partial charge in [-0.3, -0.25) is 0 Å². The summed E-state index contributed by atoms with van der Waals surface area (Å²) in [6, 6.07) is 12.4. The van der Waals surface area contributed by atoms with Gasteiger partial charge >= 0.3 is 0 Å². The molecule has 2 aromatic rings. The standard InChI is InChI=1S/C13H10BrClO2/c14-10-6-5-9(11(15)7-10)8-17-13-4-2-1-3-12(13)16/h1-7,16H,8H2. The van der Waals surface area contributed by atoms with Gasteiger partial charge in [-0.2, -0.15) is 0 Å². The molecule has 2 rings (SSSR count). The Balaban J connectivity index is 2.10. The average molecular weight is 314 g/mol. The van der Waals surface area contributed by atoms with E-state index in [9.17, 15) is 5.11 Å². The van der Waals surface area contributed by atoms with Crippen LogP contribution in [0.4, 0.5) is 0 Å². The highest BCUT2D eigenvalue weighted by Gasteiger charge is 2.04. The van der Waals surface area contributed by atoms with Crippen molar-refractivity contribution in [2.45, 2.75) is 6.61 Å². The Morgan fingerprint density at radius 2 is 1.94 bits per heavy atom. The summed E-state index contributed by atoms with van der Waals surface area (Å²) in [5, 5.41) is 10.2. The zero-order chi connectivity index (χ0) is 12.3. The molecule has 88 valence electrons. The Hall–Kier alpha value is -1.19. The van der Waals surface area contributed by atoms with Gasteiger partial charge in [-0.15, -0.1) is 0 Å². The molecule has 2 nitrogen and oxygen atoms in total. The molecular weight excluding hydrogens is 303 g/mol. The SMILES string of the molecule is Oc1ccccc1OCc1ccc(Br)cc1Cl. The van der Waals surface area contributed by atoms with E-state index in [2.05, 4.69) is 15.9 Å². The first-order chi connectivity index (χ1) is 8.16. The van der Waals surface area contributed by atoms with Crippen LogP contribution in [0.1, 0.15) is 5.56 Å². The van der Waals surface area contributed by atoms with Crippen LogP contribution in [0, 0.1) is 0 Å². The van der Waals surface area contributed by atoms with E-state index in [0.717, 1.165) is 10.0 Å². The molecule has 0 fully saturated rings. The van der Waals surface area contributed by atoms with E-state index in [1.54, 1.807) is 24.3 Å². The molecule has 0 aliphatic carbocycles. The van der Waals surface area contributed by atoms with Crippen molar-refractivity contribution in [3.05, 3.63) is 57.5 Å². The van der Waals surface area contributed by atoms with E-state index < -0.39 is 0 Å². The Morgan fingerprint density at radius 3 is 2.65 bits per heavy atom. The third-order valence-corrected chi connectivity index (χ3v) is 3.11. The summed E-state index contributed by atoms with van der Waals surface area (Å²) in [4.78, 5) is 0. The molecule has 0 aliphatic rings. The lowest BCUT2D eigenvalue weighted by Gasteiger charge is -2.09. The number of hydrogen-bond donors (Lipinski definition) is 1. The molecule has 0 saturated heterocycles. The summed E-state index contributed by atoms with van der Waals surface area (Å²) in [6.07, 6.45) is 0. The predicted octanol–water partition coefficient (Wildman–Crippen LogP) is 4.39. The number of para-hydroxylation sites is 2. The highest BCUT2D eigenvalue weighted by atomic mass is 79.9. The first-order valence-corrected chi connectivity index (χ1v) is 6.18. The lowest BCUT2D eigenvalue weighted by molar-refractivity contribution is 0.289. The fraction of sp³-hybridized carbons (Fsp3) is 0.0769. The Kier molecular flexibility index (Phi) is 3.92. The van der Waals surface area contributed by atoms with Crippen molar-refractivity contribution in [3.8, 4) is 11.5 Å². The molecule has 0 radical (unpaired) electrons. The molecule has 0 amide bonds. The second-order valence-corrected chi connectivity index (χ2v) is 4.82. The van der Waals surface area contributed by atoms with E-state index in [-0.39, 0.29) is 5.75 Å². The molecule has 0 heterocycles. The van der Waals surface area contributed by atoms with Crippen molar-refractivity contribution >= 4 is 27.5 Å². The van der Waals surface area contributed by atoms with E-state index >= 15 is 0 Å². The van der Waals surface area contributed by atoms with Gasteiger partial charge in [0.25, 0.3) is 0 Å². The maximum Gasteiger partial charge on any atom is 0.161 e. The number of benzene rings is 2. The molecule has 2 aromatic carbocycles. The molecule has 0 aliphatic heterocycles. The smallest absolute Gasteiger partial charge is 0.161 e. The number of phenols is 1. The number of phenolic OH excluding ortho intramolecular Hbond substituents is 1. The lowest BCUT2D eigenvalue weighted by Crippen LogP contribution is -1.96. The highest BCUT2D eigenvalue weighted by molar-refractivity contribution is 9.10. The van der Waals surface area contributed by atoms with Crippen LogP contribution in [-0.2, 0) is 6.61 Å². The Morgan fingerprint density at radius 1 is 1.18 bits per heavy atom. The molecule has 0 spiro atoms. The van der Waals surface area contributed by atoms with Crippen LogP contribution in [0.3, 0.4) is 0 Å². The first kappa shape index (κ1) is 12.3. The van der Waals surface area contributed by atoms with Crippen LogP contribution in [-0.4, -0.2) is 5.11 Å². The van der Waals surface area contributed by atoms with Gasteiger partial charge in [0.05, 0.1) is 0 Å². The summed E-state index contributed by atoms with van der Waals surface area (Å²) in [5.74, 6) is 0.576. The van der Waals surface area contributed by atoms with Crippen molar-refractivity contribution in [2.24, 2.45) is 0 Å².